The molecule has 5 heteroatoms. The molecule has 0 amide bonds. The van der Waals surface area contributed by atoms with E-state index in [0.29, 0.717) is 0 Å². The third-order valence-electron chi connectivity index (χ3n) is 0. The van der Waals surface area contributed by atoms with Gasteiger partial charge in [0.1, 0.15) is 0 Å². The molecule has 0 saturated heterocycles. The van der Waals surface area contributed by atoms with Crippen molar-refractivity contribution in [1.82, 2.24) is 0 Å². The van der Waals surface area contributed by atoms with E-state index in [1.54, 1.807) is 0 Å². The second-order valence-corrected chi connectivity index (χ2v) is 0. The summed E-state index contributed by atoms with van der Waals surface area (Å²) >= 11 is 0. The first-order chi connectivity index (χ1) is 0. The SMILES string of the molecule is [Ce+3].[In+3].[Nb+5].[O-2].[Ti+4]. The molecule has 0 aliphatic rings. The standard InChI is InChI=1S/Ce.In.Nb.O.Ti/q2*+3;+5;-2;+4. The minimum Gasteiger partial charge on any atom is -2.00 e. The van der Waals surface area contributed by atoms with Gasteiger partial charge in [-0.25, -0.2) is 0 Å². The number of hydrogen-bond donors (Lipinski definition) is 0. The average Bonchev–Trinajstić information content (AvgIpc) is 0. The van der Waals surface area contributed by atoms with Crippen LogP contribution in [0.3, 0.4) is 0 Å². The van der Waals surface area contributed by atoms with Gasteiger partial charge in [0.15, 0.2) is 0 Å². The van der Waals surface area contributed by atoms with Crippen molar-refractivity contribution in [2.45, 2.75) is 0 Å². The Labute approximate surface area is 114 Å². The number of rotatable bonds is 0. The van der Waals surface area contributed by atoms with Crippen molar-refractivity contribution < 1.29 is 91.3 Å². The second kappa shape index (κ2) is 25.4. The Morgan fingerprint density at radius 1 is 1.00 bits per heavy atom. The van der Waals surface area contributed by atoms with Gasteiger partial charge in [-0.2, -0.15) is 0 Å². The molecular formula is CeInNbOTi+13. The minimum atomic E-state index is 0. The van der Waals surface area contributed by atoms with E-state index >= 15 is 0 Å². The van der Waals surface area contributed by atoms with Crippen LogP contribution in [-0.4, -0.2) is 25.8 Å². The normalized spacial score (nSPS) is 0. The van der Waals surface area contributed by atoms with E-state index in [4.69, 9.17) is 0 Å². The molecule has 5 heavy (non-hydrogen) atoms. The maximum Gasteiger partial charge on any atom is 5.00 e. The molecule has 0 aromatic rings. The predicted molar refractivity (Wildman–Crippen MR) is 6.44 cm³/mol. The van der Waals surface area contributed by atoms with Gasteiger partial charge < -0.3 is 5.48 Å². The van der Waals surface area contributed by atoms with Crippen LogP contribution in [0.2, 0.25) is 0 Å². The molecule has 0 rings (SSSR count). The zero-order valence-electron chi connectivity index (χ0n) is 2.43. The summed E-state index contributed by atoms with van der Waals surface area (Å²) < 4.78 is 0. The van der Waals surface area contributed by atoms with E-state index in [1.807, 2.05) is 0 Å². The molecule has 0 heterocycles. The second-order valence-electron chi connectivity index (χ2n) is 0. The molecule has 9 valence electrons. The fraction of sp³-hybridized carbons (Fsp3) is 0. The van der Waals surface area contributed by atoms with Crippen LogP contribution in [0.1, 0.15) is 0 Å². The molecule has 0 fully saturated rings. The molecule has 0 bridgehead atoms. The first-order valence-corrected chi connectivity index (χ1v) is 0. The molecule has 0 atom stereocenters. The molecule has 0 aliphatic carbocycles. The summed E-state index contributed by atoms with van der Waals surface area (Å²) in [6.07, 6.45) is 0. The Hall–Kier alpha value is 3.66. The predicted octanol–water partition coefficient (Wildman–Crippen LogP) is -0.505. The minimum absolute atomic E-state index is 0. The Morgan fingerprint density at radius 3 is 1.00 bits per heavy atom. The summed E-state index contributed by atoms with van der Waals surface area (Å²) in [7, 11) is 0. The average molecular weight is 412 g/mol. The molecule has 0 spiro atoms. The number of hydrogen-bond acceptors (Lipinski definition) is 0. The summed E-state index contributed by atoms with van der Waals surface area (Å²) in [6, 6.07) is 0. The first-order valence-electron chi connectivity index (χ1n) is 0. The largest absolute Gasteiger partial charge is 5.00 e. The van der Waals surface area contributed by atoms with Gasteiger partial charge in [0, 0.05) is 0 Å². The third-order valence-corrected chi connectivity index (χ3v) is 0. The van der Waals surface area contributed by atoms with Crippen LogP contribution >= 0.6 is 0 Å². The van der Waals surface area contributed by atoms with Crippen molar-refractivity contribution >= 4 is 25.8 Å². The quantitative estimate of drug-likeness (QED) is 0.481. The third kappa shape index (κ3) is 18.3. The first kappa shape index (κ1) is 37.9. The maximum atomic E-state index is 0. The summed E-state index contributed by atoms with van der Waals surface area (Å²) in [4.78, 5) is 0. The topological polar surface area (TPSA) is 28.5 Å². The van der Waals surface area contributed by atoms with E-state index < -0.39 is 0 Å². The molecule has 1 nitrogen and oxygen atoms in total. The summed E-state index contributed by atoms with van der Waals surface area (Å²) in [6.45, 7) is 0. The van der Waals surface area contributed by atoms with Gasteiger partial charge in [-0.3, -0.25) is 0 Å². The van der Waals surface area contributed by atoms with Gasteiger partial charge in [0.2, 0.25) is 0 Å². The van der Waals surface area contributed by atoms with Crippen LogP contribution in [0.4, 0.5) is 0 Å². The summed E-state index contributed by atoms with van der Waals surface area (Å²) in [5, 5.41) is 0. The smallest absolute Gasteiger partial charge is 2.00 e. The summed E-state index contributed by atoms with van der Waals surface area (Å²) in [5.74, 6) is 0. The molecule has 0 saturated carbocycles. The van der Waals surface area contributed by atoms with Crippen LogP contribution in [0.15, 0.2) is 0 Å². The Kier molecular flexibility index (Phi) is 192. The van der Waals surface area contributed by atoms with Crippen LogP contribution in [0.5, 0.6) is 0 Å². The molecule has 0 N–H and O–H groups in total. The van der Waals surface area contributed by atoms with Crippen molar-refractivity contribution in [2.75, 3.05) is 0 Å². The molecule has 0 unspecified atom stereocenters. The van der Waals surface area contributed by atoms with Gasteiger partial charge in [0.05, 0.1) is 0 Å². The molecule has 1 radical (unpaired) electrons. The van der Waals surface area contributed by atoms with Gasteiger partial charge in [-0.05, 0) is 0 Å². The van der Waals surface area contributed by atoms with E-state index in [0.717, 1.165) is 0 Å². The Morgan fingerprint density at radius 2 is 1.00 bits per heavy atom. The van der Waals surface area contributed by atoms with Crippen molar-refractivity contribution in [3.8, 4) is 0 Å². The van der Waals surface area contributed by atoms with E-state index in [1.165, 1.54) is 0 Å². The van der Waals surface area contributed by atoms with E-state index in [9.17, 15) is 0 Å². The maximum absolute atomic E-state index is 0. The Balaban J connectivity index is 0. The fourth-order valence-corrected chi connectivity index (χ4v) is 0. The zero-order chi connectivity index (χ0) is 0. The van der Waals surface area contributed by atoms with E-state index in [2.05, 4.69) is 0 Å². The molecule has 0 aromatic carbocycles. The summed E-state index contributed by atoms with van der Waals surface area (Å²) in [5.41, 5.74) is 0. The van der Waals surface area contributed by atoms with Gasteiger partial charge in [-0.15, -0.1) is 0 Å². The molecule has 0 aliphatic heterocycles. The van der Waals surface area contributed by atoms with Crippen LogP contribution in [0.25, 0.3) is 0 Å². The molecular weight excluding hydrogens is 412 g/mol. The Bertz CT molecular complexity index is 11.6. The van der Waals surface area contributed by atoms with Gasteiger partial charge in [0.25, 0.3) is 0 Å². The zero-order valence-corrected chi connectivity index (χ0v) is 12.6. The van der Waals surface area contributed by atoms with Crippen molar-refractivity contribution in [1.29, 1.82) is 0 Å². The van der Waals surface area contributed by atoms with Gasteiger partial charge in [-0.1, -0.05) is 0 Å². The van der Waals surface area contributed by atoms with Crippen molar-refractivity contribution in [3.63, 3.8) is 0 Å². The van der Waals surface area contributed by atoms with Crippen LogP contribution in [0, 0.1) is 41.7 Å². The van der Waals surface area contributed by atoms with Crippen LogP contribution < -0.4 is 0 Å². The van der Waals surface area contributed by atoms with Crippen LogP contribution in [-0.2, 0) is 49.6 Å². The molecule has 0 aromatic heterocycles. The van der Waals surface area contributed by atoms with Crippen molar-refractivity contribution in [2.24, 2.45) is 0 Å². The fourth-order valence-electron chi connectivity index (χ4n) is 0. The van der Waals surface area contributed by atoms with Gasteiger partial charge >= 0.3 is 112 Å². The van der Waals surface area contributed by atoms with Crippen molar-refractivity contribution in [3.05, 3.63) is 0 Å². The van der Waals surface area contributed by atoms with E-state index in [-0.39, 0.29) is 117 Å². The monoisotopic (exact) mass is 412 g/mol.